The summed E-state index contributed by atoms with van der Waals surface area (Å²) in [6, 6.07) is 21.3. The van der Waals surface area contributed by atoms with Gasteiger partial charge in [0.05, 0.1) is 0 Å². The summed E-state index contributed by atoms with van der Waals surface area (Å²) in [5, 5.41) is 0. The molecule has 2 aromatic carbocycles. The van der Waals surface area contributed by atoms with Gasteiger partial charge in [0.25, 0.3) is 0 Å². The molecular weight excluding hydrogens is 414 g/mol. The Balaban J connectivity index is 2.28. The second kappa shape index (κ2) is 8.31. The van der Waals surface area contributed by atoms with Crippen molar-refractivity contribution in [2.24, 2.45) is 11.3 Å². The molecule has 2 rings (SSSR count). The van der Waals surface area contributed by atoms with Crippen LogP contribution in [0.1, 0.15) is 27.7 Å². The van der Waals surface area contributed by atoms with Gasteiger partial charge in [-0.25, -0.2) is 0 Å². The van der Waals surface area contributed by atoms with Crippen molar-refractivity contribution >= 4 is 44.6 Å². The van der Waals surface area contributed by atoms with Gasteiger partial charge in [0.15, 0.2) is 0 Å². The van der Waals surface area contributed by atoms with Crippen molar-refractivity contribution in [3.63, 3.8) is 0 Å². The van der Waals surface area contributed by atoms with Crippen molar-refractivity contribution in [3.8, 4) is 0 Å². The Bertz CT molecular complexity index is 579. The Hall–Kier alpha value is -0.851. The molecule has 0 N–H and O–H groups in total. The summed E-state index contributed by atoms with van der Waals surface area (Å²) in [6.45, 7) is 8.34. The minimum atomic E-state index is -0.278. The molecule has 0 atom stereocenters. The summed E-state index contributed by atoms with van der Waals surface area (Å²) in [5.74, 6) is 0.476. The van der Waals surface area contributed by atoms with Gasteiger partial charge in [-0.15, -0.1) is 0 Å². The molecule has 0 saturated heterocycles. The van der Waals surface area contributed by atoms with E-state index in [1.165, 1.54) is 8.92 Å². The van der Waals surface area contributed by atoms with E-state index in [2.05, 4.69) is 74.5 Å². The molecule has 0 heterocycles. The first-order valence-electron chi connectivity index (χ1n) is 7.89. The molecule has 0 aliphatic rings. The molecule has 23 heavy (non-hydrogen) atoms. The van der Waals surface area contributed by atoms with E-state index < -0.39 is 0 Å². The number of Topliss-reactive ketones (excluding diaryl/α,β-unsaturated/α-hetero) is 1. The van der Waals surface area contributed by atoms with E-state index >= 15 is 0 Å². The van der Waals surface area contributed by atoms with Gasteiger partial charge in [-0.2, -0.15) is 0 Å². The molecule has 0 aliphatic heterocycles. The molecule has 0 fully saturated rings. The van der Waals surface area contributed by atoms with E-state index in [1.807, 2.05) is 13.8 Å². The van der Waals surface area contributed by atoms with Gasteiger partial charge in [0.1, 0.15) is 0 Å². The maximum absolute atomic E-state index is 12.8. The third kappa shape index (κ3) is 5.06. The van der Waals surface area contributed by atoms with Crippen LogP contribution in [0.15, 0.2) is 60.7 Å². The van der Waals surface area contributed by atoms with Crippen LogP contribution < -0.4 is 8.92 Å². The third-order valence-electron chi connectivity index (χ3n) is 3.72. The summed E-state index contributed by atoms with van der Waals surface area (Å²) in [5.41, 5.74) is -0.278. The fraction of sp³-hybridized carbons (Fsp3) is 0.350. The molecule has 3 heteroatoms. The Morgan fingerprint density at radius 3 is 1.57 bits per heavy atom. The standard InChI is InChI=1S/C20H24OSe2/c1-15(2)18(21)20(3,4)19(22-16-11-7-5-8-12-16)23-17-13-9-6-10-14-17/h5-15,19H,1-4H3. The van der Waals surface area contributed by atoms with Gasteiger partial charge in [-0.3, -0.25) is 0 Å². The summed E-state index contributed by atoms with van der Waals surface area (Å²) >= 11 is 0.594. The Kier molecular flexibility index (Phi) is 6.68. The number of hydrogen-bond donors (Lipinski definition) is 0. The van der Waals surface area contributed by atoms with Crippen LogP contribution in [0.5, 0.6) is 0 Å². The minimum absolute atomic E-state index is 0.0886. The first-order valence-corrected chi connectivity index (χ1v) is 11.6. The van der Waals surface area contributed by atoms with Crippen molar-refractivity contribution < 1.29 is 4.79 Å². The van der Waals surface area contributed by atoms with Gasteiger partial charge in [0, 0.05) is 0 Å². The number of benzene rings is 2. The maximum atomic E-state index is 12.8. The van der Waals surface area contributed by atoms with Gasteiger partial charge in [-0.1, -0.05) is 0 Å². The molecular formula is C20H24OSe2. The summed E-state index contributed by atoms with van der Waals surface area (Å²) in [4.78, 5) is 12.8. The van der Waals surface area contributed by atoms with E-state index in [9.17, 15) is 4.79 Å². The molecule has 2 aromatic rings. The number of hydrogen-bond acceptors (Lipinski definition) is 1. The van der Waals surface area contributed by atoms with E-state index in [1.54, 1.807) is 0 Å². The summed E-state index contributed by atoms with van der Waals surface area (Å²) in [6.07, 6.45) is 0. The molecule has 122 valence electrons. The molecule has 0 spiro atoms. The molecule has 1 nitrogen and oxygen atoms in total. The molecule has 0 radical (unpaired) electrons. The van der Waals surface area contributed by atoms with Gasteiger partial charge < -0.3 is 0 Å². The Labute approximate surface area is 152 Å². The van der Waals surface area contributed by atoms with Crippen molar-refractivity contribution in [1.29, 1.82) is 0 Å². The predicted molar refractivity (Wildman–Crippen MR) is 101 cm³/mol. The molecule has 0 aliphatic carbocycles. The van der Waals surface area contributed by atoms with Crippen LogP contribution in [0.4, 0.5) is 0 Å². The number of carbonyl (C=O) groups excluding carboxylic acids is 1. The fourth-order valence-electron chi connectivity index (χ4n) is 2.42. The van der Waals surface area contributed by atoms with Crippen LogP contribution in [0, 0.1) is 11.3 Å². The zero-order valence-electron chi connectivity index (χ0n) is 14.2. The first kappa shape index (κ1) is 18.5. The van der Waals surface area contributed by atoms with Crippen molar-refractivity contribution in [2.45, 2.75) is 31.4 Å². The van der Waals surface area contributed by atoms with Crippen LogP contribution in [0.3, 0.4) is 0 Å². The second-order valence-corrected chi connectivity index (χ2v) is 12.9. The monoisotopic (exact) mass is 440 g/mol. The molecule has 0 bridgehead atoms. The number of carbonyl (C=O) groups is 1. The third-order valence-corrected chi connectivity index (χ3v) is 11.5. The van der Waals surface area contributed by atoms with Crippen molar-refractivity contribution in [2.75, 3.05) is 0 Å². The molecule has 0 aromatic heterocycles. The SMILES string of the molecule is CC(C)C(=O)C(C)(C)C([Se]c1ccccc1)[Se]c1ccccc1. The average Bonchev–Trinajstić information content (AvgIpc) is 2.55. The zero-order valence-corrected chi connectivity index (χ0v) is 17.6. The average molecular weight is 438 g/mol. The Morgan fingerprint density at radius 1 is 0.826 bits per heavy atom. The van der Waals surface area contributed by atoms with E-state index in [0.717, 1.165) is 0 Å². The van der Waals surface area contributed by atoms with Crippen LogP contribution in [-0.2, 0) is 4.79 Å². The van der Waals surface area contributed by atoms with Gasteiger partial charge in [-0.05, 0) is 0 Å². The van der Waals surface area contributed by atoms with E-state index in [-0.39, 0.29) is 11.3 Å². The molecule has 0 amide bonds. The Morgan fingerprint density at radius 2 is 1.22 bits per heavy atom. The van der Waals surface area contributed by atoms with Gasteiger partial charge in [0.2, 0.25) is 0 Å². The van der Waals surface area contributed by atoms with Crippen LogP contribution in [0.2, 0.25) is 3.71 Å². The molecule has 0 saturated carbocycles. The summed E-state index contributed by atoms with van der Waals surface area (Å²) < 4.78 is 3.18. The summed E-state index contributed by atoms with van der Waals surface area (Å²) in [7, 11) is 0. The quantitative estimate of drug-likeness (QED) is 0.608. The topological polar surface area (TPSA) is 17.1 Å². The fourth-order valence-corrected chi connectivity index (χ4v) is 9.55. The van der Waals surface area contributed by atoms with E-state index in [4.69, 9.17) is 0 Å². The van der Waals surface area contributed by atoms with E-state index in [0.29, 0.717) is 39.4 Å². The van der Waals surface area contributed by atoms with Crippen molar-refractivity contribution in [3.05, 3.63) is 60.7 Å². The normalized spacial score (nSPS) is 11.9. The van der Waals surface area contributed by atoms with Crippen molar-refractivity contribution in [1.82, 2.24) is 0 Å². The zero-order chi connectivity index (χ0) is 16.9. The molecule has 0 unspecified atom stereocenters. The van der Waals surface area contributed by atoms with Crippen LogP contribution in [0.25, 0.3) is 0 Å². The van der Waals surface area contributed by atoms with Crippen LogP contribution >= 0.6 is 0 Å². The van der Waals surface area contributed by atoms with Gasteiger partial charge >= 0.3 is 153 Å². The van der Waals surface area contributed by atoms with Crippen LogP contribution in [-0.4, -0.2) is 35.7 Å². The number of rotatable bonds is 7. The number of ketones is 1. The predicted octanol–water partition coefficient (Wildman–Crippen LogP) is 3.04. The first-order chi connectivity index (χ1) is 10.9. The second-order valence-electron chi connectivity index (χ2n) is 6.43.